The fourth-order valence-corrected chi connectivity index (χ4v) is 12.2. The highest BCUT2D eigenvalue weighted by Crippen LogP contribution is 2.65. The van der Waals surface area contributed by atoms with Crippen LogP contribution in [0.15, 0.2) is 96.6 Å². The van der Waals surface area contributed by atoms with Gasteiger partial charge in [0.15, 0.2) is 0 Å². The summed E-state index contributed by atoms with van der Waals surface area (Å²) >= 11 is 7.91. The zero-order valence-corrected chi connectivity index (χ0v) is 38.1. The molecule has 0 bridgehead atoms. The van der Waals surface area contributed by atoms with Crippen LogP contribution in [0.1, 0.15) is 47.9 Å². The molecule has 2 aliphatic heterocycles. The molecule has 4 heterocycles. The number of aromatic hydroxyl groups is 1. The van der Waals surface area contributed by atoms with E-state index >= 15 is 9.59 Å². The Kier molecular flexibility index (Phi) is 10.3. The van der Waals surface area contributed by atoms with Crippen LogP contribution in [0.2, 0.25) is 5.02 Å². The first-order chi connectivity index (χ1) is 31.3. The number of benzene rings is 4. The highest BCUT2D eigenvalue weighted by atomic mass is 35.5. The summed E-state index contributed by atoms with van der Waals surface area (Å²) in [5, 5.41) is 17.0. The highest BCUT2D eigenvalue weighted by molar-refractivity contribution is 7.22. The molecule has 330 valence electrons. The van der Waals surface area contributed by atoms with Gasteiger partial charge in [0, 0.05) is 45.9 Å². The van der Waals surface area contributed by atoms with Crippen molar-refractivity contribution in [3.8, 4) is 33.6 Å². The molecule has 12 nitrogen and oxygen atoms in total. The van der Waals surface area contributed by atoms with Crippen LogP contribution in [0.3, 0.4) is 0 Å². The number of aryl methyl sites for hydroxylation is 2. The summed E-state index contributed by atoms with van der Waals surface area (Å²) in [6.45, 7) is 3.83. The summed E-state index contributed by atoms with van der Waals surface area (Å²) in [6.07, 6.45) is 6.27. The van der Waals surface area contributed by atoms with Gasteiger partial charge >= 0.3 is 0 Å². The zero-order valence-electron chi connectivity index (χ0n) is 36.5. The number of aromatic nitrogens is 2. The lowest BCUT2D eigenvalue weighted by Gasteiger charge is -2.49. The first-order valence-corrected chi connectivity index (χ1v) is 22.5. The fourth-order valence-electron chi connectivity index (χ4n) is 10.9. The Hall–Kier alpha value is -6.70. The summed E-state index contributed by atoms with van der Waals surface area (Å²) in [5.41, 5.74) is 3.79. The third-order valence-corrected chi connectivity index (χ3v) is 15.6. The predicted molar refractivity (Wildman–Crippen MR) is 250 cm³/mol. The third kappa shape index (κ3) is 6.49. The Morgan fingerprint density at radius 2 is 1.60 bits per heavy atom. The summed E-state index contributed by atoms with van der Waals surface area (Å²) in [5.74, 6) is -3.04. The molecule has 6 atom stereocenters. The fraction of sp³-hybridized carbons (Fsp3) is 0.275. The second kappa shape index (κ2) is 15.8. The van der Waals surface area contributed by atoms with E-state index < -0.39 is 46.8 Å². The largest absolute Gasteiger partial charge is 0.508 e. The van der Waals surface area contributed by atoms with E-state index in [4.69, 9.17) is 30.9 Å². The number of hydrogen-bond acceptors (Lipinski definition) is 10. The minimum absolute atomic E-state index is 0.0252. The Bertz CT molecular complexity index is 3060. The molecule has 4 aliphatic rings. The Balaban J connectivity index is 1.01. The molecule has 2 aliphatic carbocycles. The van der Waals surface area contributed by atoms with Crippen molar-refractivity contribution in [2.75, 3.05) is 31.1 Å². The van der Waals surface area contributed by atoms with Gasteiger partial charge in [-0.15, -0.1) is 11.3 Å². The molecule has 14 heteroatoms. The first-order valence-electron chi connectivity index (χ1n) is 21.3. The number of nitrogens with zero attached hydrogens (tertiary/aromatic N) is 4. The van der Waals surface area contributed by atoms with E-state index in [0.717, 1.165) is 37.2 Å². The number of phenols is 1. The first kappa shape index (κ1) is 42.3. The van der Waals surface area contributed by atoms with Crippen LogP contribution in [0, 0.1) is 36.0 Å². The predicted octanol–water partition coefficient (Wildman–Crippen LogP) is 9.60. The number of carbonyl (C=O) groups excluding carboxylic acids is 4. The average Bonchev–Trinajstić information content (AvgIpc) is 3.98. The Labute approximate surface area is 384 Å². The lowest BCUT2D eigenvalue weighted by molar-refractivity contribution is -0.131. The van der Waals surface area contributed by atoms with Crippen molar-refractivity contribution in [1.29, 1.82) is 0 Å². The summed E-state index contributed by atoms with van der Waals surface area (Å²) in [7, 11) is 6.42. The zero-order chi connectivity index (χ0) is 45.6. The molecule has 0 radical (unpaired) electrons. The van der Waals surface area contributed by atoms with Crippen molar-refractivity contribution in [3.63, 3.8) is 0 Å². The highest BCUT2D eigenvalue weighted by Gasteiger charge is 2.68. The van der Waals surface area contributed by atoms with Gasteiger partial charge in [-0.05, 0) is 104 Å². The molecule has 65 heavy (non-hydrogen) atoms. The molecule has 3 fully saturated rings. The van der Waals surface area contributed by atoms with Crippen molar-refractivity contribution in [3.05, 3.63) is 124 Å². The van der Waals surface area contributed by atoms with Gasteiger partial charge in [0.05, 0.1) is 55.1 Å². The van der Waals surface area contributed by atoms with Crippen molar-refractivity contribution < 1.29 is 38.5 Å². The van der Waals surface area contributed by atoms with Crippen LogP contribution in [0.25, 0.3) is 32.8 Å². The number of rotatable bonds is 9. The van der Waals surface area contributed by atoms with Crippen LogP contribution in [0.5, 0.6) is 23.0 Å². The number of thiophene rings is 1. The van der Waals surface area contributed by atoms with E-state index in [9.17, 15) is 14.7 Å². The standard InChI is InChI=1S/C51H45ClN4O8S/c1-26-36-22-29(52)11-20-42(36)65-46(26)39-25-43(54(3)53-39)56-48(59)38-24-37-33(45(51(38,2)50(56)61)34-16-14-31(57)23-41(34)64-6)17-18-35-44(37)49(60)55(47(35)58)30-12-8-27(9-13-30)7-10-28-21-32(62-4)15-19-40(28)63-5/h7-17,19-23,25,35,37-38,44-45,57H,18,24H2,1-6H3/t35-,37+,38-,44-,45+,51+/m0/s1. The molecule has 10 rings (SSSR count). The van der Waals surface area contributed by atoms with E-state index in [1.165, 1.54) is 29.0 Å². The van der Waals surface area contributed by atoms with E-state index in [2.05, 4.69) is 0 Å². The molecular formula is C51H45ClN4O8S. The average molecular weight is 909 g/mol. The van der Waals surface area contributed by atoms with Gasteiger partial charge < -0.3 is 19.3 Å². The molecule has 2 aromatic heterocycles. The third-order valence-electron chi connectivity index (χ3n) is 14.1. The summed E-state index contributed by atoms with van der Waals surface area (Å²) in [6, 6.07) is 25.0. The number of anilines is 2. The maximum atomic E-state index is 15.3. The van der Waals surface area contributed by atoms with Crippen LogP contribution >= 0.6 is 22.9 Å². The molecule has 1 saturated carbocycles. The maximum Gasteiger partial charge on any atom is 0.242 e. The monoisotopic (exact) mass is 908 g/mol. The molecule has 0 unspecified atom stereocenters. The smallest absolute Gasteiger partial charge is 0.242 e. The number of fused-ring (bicyclic) bond motifs is 5. The van der Waals surface area contributed by atoms with Crippen molar-refractivity contribution >= 4 is 80.3 Å². The number of ether oxygens (including phenoxy) is 3. The molecule has 0 spiro atoms. The quantitative estimate of drug-likeness (QED) is 0.0853. The number of carbonyl (C=O) groups is 4. The number of allylic oxidation sites excluding steroid dienone is 2. The minimum atomic E-state index is -1.34. The van der Waals surface area contributed by atoms with E-state index in [-0.39, 0.29) is 30.4 Å². The van der Waals surface area contributed by atoms with Crippen LogP contribution < -0.4 is 24.0 Å². The number of hydrogen-bond donors (Lipinski definition) is 1. The van der Waals surface area contributed by atoms with Crippen molar-refractivity contribution in [2.24, 2.45) is 36.1 Å². The van der Waals surface area contributed by atoms with Gasteiger partial charge in [-0.1, -0.05) is 53.6 Å². The normalized spacial score (nSPS) is 23.9. The molecular weight excluding hydrogens is 864 g/mol. The van der Waals surface area contributed by atoms with Gasteiger partial charge in [-0.25, -0.2) is 4.90 Å². The van der Waals surface area contributed by atoms with Crippen molar-refractivity contribution in [2.45, 2.75) is 32.6 Å². The second-order valence-corrected chi connectivity index (χ2v) is 18.8. The number of methoxy groups -OCH3 is 3. The number of amides is 4. The molecule has 4 aromatic carbocycles. The second-order valence-electron chi connectivity index (χ2n) is 17.3. The number of imide groups is 2. The number of halogens is 1. The Morgan fingerprint density at radius 1 is 0.831 bits per heavy atom. The minimum Gasteiger partial charge on any atom is -0.508 e. The van der Waals surface area contributed by atoms with Crippen LogP contribution in [0.4, 0.5) is 11.5 Å². The molecule has 6 aromatic rings. The number of phenolic OH excluding ortho intramolecular Hbond substituents is 1. The molecule has 2 saturated heterocycles. The van der Waals surface area contributed by atoms with Crippen LogP contribution in [-0.2, 0) is 26.2 Å². The van der Waals surface area contributed by atoms with Gasteiger partial charge in [0.25, 0.3) is 0 Å². The van der Waals surface area contributed by atoms with Gasteiger partial charge in [0.2, 0.25) is 23.6 Å². The maximum absolute atomic E-state index is 15.3. The Morgan fingerprint density at radius 3 is 2.34 bits per heavy atom. The van der Waals surface area contributed by atoms with Gasteiger partial charge in [0.1, 0.15) is 34.5 Å². The SMILES string of the molecule is COc1ccc(OC)c(C=Cc2ccc(N3C(=O)[C@H]4[C@H](CC=C5[C@H]4C[C@H]4C(=O)N(c6cc(-c7sc8ccc(Cl)cc8c7C)nn6C)C(=O)[C@@]4(C)[C@H]5c4ccc(O)cc4OC)C3=O)cc2)c1. The van der Waals surface area contributed by atoms with Crippen LogP contribution in [-0.4, -0.2) is 59.8 Å². The van der Waals surface area contributed by atoms with E-state index in [1.54, 1.807) is 61.6 Å². The molecule has 1 N–H and O–H groups in total. The van der Waals surface area contributed by atoms with Gasteiger partial charge in [-0.2, -0.15) is 5.10 Å². The summed E-state index contributed by atoms with van der Waals surface area (Å²) < 4.78 is 19.4. The van der Waals surface area contributed by atoms with Gasteiger partial charge in [-0.3, -0.25) is 28.8 Å². The topological polar surface area (TPSA) is 140 Å². The van der Waals surface area contributed by atoms with E-state index in [0.29, 0.717) is 45.0 Å². The molecule has 4 amide bonds. The summed E-state index contributed by atoms with van der Waals surface area (Å²) in [4.78, 5) is 63.1. The van der Waals surface area contributed by atoms with E-state index in [1.807, 2.05) is 80.6 Å². The lowest BCUT2D eigenvalue weighted by Crippen LogP contribution is -2.49. The lowest BCUT2D eigenvalue weighted by atomic mass is 9.51. The van der Waals surface area contributed by atoms with Crippen molar-refractivity contribution in [1.82, 2.24) is 9.78 Å².